The molecule has 0 saturated carbocycles. The van der Waals surface area contributed by atoms with E-state index in [1.54, 1.807) is 0 Å². The van der Waals surface area contributed by atoms with Gasteiger partial charge in [0.1, 0.15) is 0 Å². The summed E-state index contributed by atoms with van der Waals surface area (Å²) in [6, 6.07) is 10.9. The molecule has 2 atom stereocenters. The fraction of sp³-hybridized carbons (Fsp3) is 0.588. The summed E-state index contributed by atoms with van der Waals surface area (Å²) in [5.41, 5.74) is 1.26. The Bertz CT molecular complexity index is 468. The average Bonchev–Trinajstić information content (AvgIpc) is 2.55. The molecular formula is C17H25N3O. The third-order valence-corrected chi connectivity index (χ3v) is 4.69. The maximum Gasteiger partial charge on any atom is 0.225 e. The summed E-state index contributed by atoms with van der Waals surface area (Å²) in [4.78, 5) is 17.1. The van der Waals surface area contributed by atoms with Crippen LogP contribution in [0.5, 0.6) is 0 Å². The van der Waals surface area contributed by atoms with Gasteiger partial charge in [-0.3, -0.25) is 4.79 Å². The highest BCUT2D eigenvalue weighted by Crippen LogP contribution is 2.21. The van der Waals surface area contributed by atoms with Gasteiger partial charge < -0.3 is 15.1 Å². The smallest absolute Gasteiger partial charge is 0.225 e. The van der Waals surface area contributed by atoms with Gasteiger partial charge in [-0.2, -0.15) is 0 Å². The van der Waals surface area contributed by atoms with Gasteiger partial charge in [-0.15, -0.1) is 0 Å². The molecule has 2 aliphatic heterocycles. The van der Waals surface area contributed by atoms with E-state index in [1.807, 2.05) is 6.07 Å². The van der Waals surface area contributed by atoms with Gasteiger partial charge in [0.25, 0.3) is 0 Å². The quantitative estimate of drug-likeness (QED) is 0.900. The fourth-order valence-electron chi connectivity index (χ4n) is 3.44. The number of rotatable bonds is 2. The summed E-state index contributed by atoms with van der Waals surface area (Å²) in [5.74, 6) is 0.598. The number of anilines is 1. The number of carbonyl (C=O) groups excluding carboxylic acids is 1. The molecule has 114 valence electrons. The maximum atomic E-state index is 12.6. The Morgan fingerprint density at radius 2 is 1.86 bits per heavy atom. The highest BCUT2D eigenvalue weighted by atomic mass is 16.2. The molecule has 2 unspecified atom stereocenters. The molecule has 2 aliphatic rings. The van der Waals surface area contributed by atoms with Crippen molar-refractivity contribution in [3.8, 4) is 0 Å². The van der Waals surface area contributed by atoms with Crippen molar-refractivity contribution in [3.05, 3.63) is 30.3 Å². The number of amides is 1. The van der Waals surface area contributed by atoms with E-state index in [-0.39, 0.29) is 5.92 Å². The van der Waals surface area contributed by atoms with Crippen LogP contribution in [-0.2, 0) is 4.79 Å². The number of nitrogens with one attached hydrogen (secondary N) is 1. The van der Waals surface area contributed by atoms with Crippen molar-refractivity contribution in [2.45, 2.75) is 25.8 Å². The average molecular weight is 287 g/mol. The van der Waals surface area contributed by atoms with E-state index in [4.69, 9.17) is 0 Å². The van der Waals surface area contributed by atoms with Crippen molar-refractivity contribution in [2.24, 2.45) is 5.92 Å². The third kappa shape index (κ3) is 3.38. The SMILES string of the molecule is CC1CC(C(=O)N2CCN(c3ccccc3)CC2)CCN1. The summed E-state index contributed by atoms with van der Waals surface area (Å²) < 4.78 is 0. The number of nitrogens with zero attached hydrogens (tertiary/aromatic N) is 2. The fourth-order valence-corrected chi connectivity index (χ4v) is 3.44. The Balaban J connectivity index is 1.54. The van der Waals surface area contributed by atoms with Crippen LogP contribution >= 0.6 is 0 Å². The van der Waals surface area contributed by atoms with Gasteiger partial charge >= 0.3 is 0 Å². The zero-order chi connectivity index (χ0) is 14.7. The normalized spacial score (nSPS) is 26.7. The third-order valence-electron chi connectivity index (χ3n) is 4.69. The largest absolute Gasteiger partial charge is 0.368 e. The van der Waals surface area contributed by atoms with Crippen molar-refractivity contribution < 1.29 is 4.79 Å². The molecule has 2 saturated heterocycles. The number of piperazine rings is 1. The Kier molecular flexibility index (Phi) is 4.44. The van der Waals surface area contributed by atoms with Gasteiger partial charge in [0.05, 0.1) is 0 Å². The molecule has 1 aromatic carbocycles. The molecule has 0 radical (unpaired) electrons. The minimum Gasteiger partial charge on any atom is -0.368 e. The number of piperidine rings is 1. The second kappa shape index (κ2) is 6.48. The zero-order valence-corrected chi connectivity index (χ0v) is 12.8. The molecule has 3 rings (SSSR count). The number of hydrogen-bond donors (Lipinski definition) is 1. The van der Waals surface area contributed by atoms with Crippen LogP contribution in [-0.4, -0.2) is 49.6 Å². The van der Waals surface area contributed by atoms with Crippen LogP contribution in [0.1, 0.15) is 19.8 Å². The second-order valence-corrected chi connectivity index (χ2v) is 6.22. The first-order chi connectivity index (χ1) is 10.2. The van der Waals surface area contributed by atoms with Crippen LogP contribution in [0, 0.1) is 5.92 Å². The number of benzene rings is 1. The number of para-hydroxylation sites is 1. The summed E-state index contributed by atoms with van der Waals surface area (Å²) in [5, 5.41) is 3.42. The van der Waals surface area contributed by atoms with E-state index in [1.165, 1.54) is 5.69 Å². The van der Waals surface area contributed by atoms with E-state index >= 15 is 0 Å². The Labute approximate surface area is 127 Å². The summed E-state index contributed by atoms with van der Waals surface area (Å²) in [7, 11) is 0. The molecular weight excluding hydrogens is 262 g/mol. The molecule has 4 heteroatoms. The van der Waals surface area contributed by atoms with Gasteiger partial charge in [-0.25, -0.2) is 0 Å². The molecule has 0 aromatic heterocycles. The maximum absolute atomic E-state index is 12.6. The summed E-state index contributed by atoms with van der Waals surface area (Å²) in [6.07, 6.45) is 1.97. The highest BCUT2D eigenvalue weighted by molar-refractivity contribution is 5.79. The highest BCUT2D eigenvalue weighted by Gasteiger charge is 2.30. The molecule has 1 amide bonds. The summed E-state index contributed by atoms with van der Waals surface area (Å²) >= 11 is 0. The van der Waals surface area contributed by atoms with Gasteiger partial charge in [0, 0.05) is 43.8 Å². The molecule has 21 heavy (non-hydrogen) atoms. The molecule has 4 nitrogen and oxygen atoms in total. The van der Waals surface area contributed by atoms with Crippen molar-refractivity contribution in [3.63, 3.8) is 0 Å². The molecule has 2 heterocycles. The van der Waals surface area contributed by atoms with E-state index in [0.29, 0.717) is 11.9 Å². The Hall–Kier alpha value is -1.55. The molecule has 2 fully saturated rings. The number of hydrogen-bond acceptors (Lipinski definition) is 3. The molecule has 0 aliphatic carbocycles. The minimum absolute atomic E-state index is 0.226. The first-order valence-corrected chi connectivity index (χ1v) is 8.06. The van der Waals surface area contributed by atoms with E-state index in [0.717, 1.165) is 45.6 Å². The standard InChI is InChI=1S/C17H25N3O/c1-14-13-15(7-8-18-14)17(21)20-11-9-19(10-12-20)16-5-3-2-4-6-16/h2-6,14-15,18H,7-13H2,1H3. The predicted octanol–water partition coefficient (Wildman–Crippen LogP) is 1.72. The van der Waals surface area contributed by atoms with E-state index < -0.39 is 0 Å². The molecule has 1 N–H and O–H groups in total. The van der Waals surface area contributed by atoms with Crippen LogP contribution in [0.3, 0.4) is 0 Å². The lowest BCUT2D eigenvalue weighted by Crippen LogP contribution is -2.52. The lowest BCUT2D eigenvalue weighted by atomic mass is 9.92. The molecule has 1 aromatic rings. The van der Waals surface area contributed by atoms with Crippen LogP contribution in [0.2, 0.25) is 0 Å². The van der Waals surface area contributed by atoms with E-state index in [9.17, 15) is 4.79 Å². The summed E-state index contributed by atoms with van der Waals surface area (Å²) in [6.45, 7) is 6.74. The first kappa shape index (κ1) is 14.4. The van der Waals surface area contributed by atoms with Crippen LogP contribution in [0.15, 0.2) is 30.3 Å². The lowest BCUT2D eigenvalue weighted by Gasteiger charge is -2.39. The van der Waals surface area contributed by atoms with Crippen molar-refractivity contribution >= 4 is 11.6 Å². The lowest BCUT2D eigenvalue weighted by molar-refractivity contribution is -0.137. The number of carbonyl (C=O) groups is 1. The van der Waals surface area contributed by atoms with Crippen molar-refractivity contribution in [1.82, 2.24) is 10.2 Å². The zero-order valence-electron chi connectivity index (χ0n) is 12.8. The van der Waals surface area contributed by atoms with Gasteiger partial charge in [0.2, 0.25) is 5.91 Å². The van der Waals surface area contributed by atoms with Crippen LogP contribution in [0.25, 0.3) is 0 Å². The predicted molar refractivity (Wildman–Crippen MR) is 85.4 cm³/mol. The molecule has 0 spiro atoms. The van der Waals surface area contributed by atoms with Crippen molar-refractivity contribution in [1.29, 1.82) is 0 Å². The van der Waals surface area contributed by atoms with Crippen molar-refractivity contribution in [2.75, 3.05) is 37.6 Å². The Morgan fingerprint density at radius 1 is 1.14 bits per heavy atom. The Morgan fingerprint density at radius 3 is 2.52 bits per heavy atom. The second-order valence-electron chi connectivity index (χ2n) is 6.22. The van der Waals surface area contributed by atoms with E-state index in [2.05, 4.69) is 46.3 Å². The minimum atomic E-state index is 0.226. The first-order valence-electron chi connectivity index (χ1n) is 8.06. The van der Waals surface area contributed by atoms with Gasteiger partial charge in [-0.05, 0) is 38.4 Å². The monoisotopic (exact) mass is 287 g/mol. The topological polar surface area (TPSA) is 35.6 Å². The van der Waals surface area contributed by atoms with Crippen LogP contribution < -0.4 is 10.2 Å². The van der Waals surface area contributed by atoms with Gasteiger partial charge in [-0.1, -0.05) is 18.2 Å². The van der Waals surface area contributed by atoms with Crippen LogP contribution in [0.4, 0.5) is 5.69 Å². The molecule has 0 bridgehead atoms. The van der Waals surface area contributed by atoms with Gasteiger partial charge in [0.15, 0.2) is 0 Å².